The summed E-state index contributed by atoms with van der Waals surface area (Å²) in [6.45, 7) is 5.03. The fraction of sp³-hybridized carbons (Fsp3) is 0.583. The number of fused-ring (bicyclic) bond motifs is 5. The van der Waals surface area contributed by atoms with E-state index in [0.717, 1.165) is 18.4 Å². The number of rotatable bonds is 4. The number of aryl methyl sites for hydroxylation is 1. The zero-order valence-corrected chi connectivity index (χ0v) is 19.4. The lowest BCUT2D eigenvalue weighted by molar-refractivity contribution is -0.559. The topological polar surface area (TPSA) is 156 Å². The second-order valence-corrected chi connectivity index (χ2v) is 10.2. The van der Waals surface area contributed by atoms with Crippen molar-refractivity contribution in [2.24, 2.45) is 0 Å². The van der Waals surface area contributed by atoms with E-state index < -0.39 is 46.4 Å². The van der Waals surface area contributed by atoms with Crippen LogP contribution in [-0.2, 0) is 27.1 Å². The fourth-order valence-electron chi connectivity index (χ4n) is 5.62. The van der Waals surface area contributed by atoms with Gasteiger partial charge in [0.1, 0.15) is 29.0 Å². The first-order valence-corrected chi connectivity index (χ1v) is 11.2. The molecule has 34 heavy (non-hydrogen) atoms. The molecule has 10 nitrogen and oxygen atoms in total. The van der Waals surface area contributed by atoms with Crippen LogP contribution in [0.3, 0.4) is 0 Å². The van der Waals surface area contributed by atoms with Crippen LogP contribution in [0.1, 0.15) is 51.7 Å². The lowest BCUT2D eigenvalue weighted by Gasteiger charge is -2.74. The van der Waals surface area contributed by atoms with Gasteiger partial charge in [0.25, 0.3) is 0 Å². The molecule has 184 valence electrons. The van der Waals surface area contributed by atoms with Crippen LogP contribution in [0.4, 0.5) is 0 Å². The van der Waals surface area contributed by atoms with Gasteiger partial charge >= 0.3 is 17.4 Å². The van der Waals surface area contributed by atoms with Crippen molar-refractivity contribution in [2.45, 2.75) is 81.6 Å². The Morgan fingerprint density at radius 3 is 2.29 bits per heavy atom. The van der Waals surface area contributed by atoms with E-state index in [9.17, 15) is 30.0 Å². The molecule has 0 spiro atoms. The van der Waals surface area contributed by atoms with Crippen molar-refractivity contribution in [2.75, 3.05) is 6.61 Å². The lowest BCUT2D eigenvalue weighted by Crippen LogP contribution is -2.96. The Bertz CT molecular complexity index is 1280. The van der Waals surface area contributed by atoms with Gasteiger partial charge in [-0.15, -0.1) is 0 Å². The number of benzene rings is 1. The van der Waals surface area contributed by atoms with Gasteiger partial charge in [0, 0.05) is 17.0 Å². The molecule has 1 aliphatic carbocycles. The van der Waals surface area contributed by atoms with E-state index >= 15 is 0 Å². The fourth-order valence-corrected chi connectivity index (χ4v) is 5.62. The maximum absolute atomic E-state index is 12.4. The number of aliphatic carboxylic acids is 1. The summed E-state index contributed by atoms with van der Waals surface area (Å²) in [4.78, 5) is 24.4. The molecule has 1 aromatic carbocycles. The number of ether oxygens (including phenoxy) is 3. The molecule has 2 aromatic rings. The minimum Gasteiger partial charge on any atom is -0.504 e. The van der Waals surface area contributed by atoms with Crippen molar-refractivity contribution in [3.05, 3.63) is 33.7 Å². The third kappa shape index (κ3) is 2.54. The van der Waals surface area contributed by atoms with Gasteiger partial charge in [0.05, 0.1) is 0 Å². The number of hydrogen-bond donors (Lipinski definition) is 4. The molecule has 0 radical (unpaired) electrons. The molecule has 3 saturated heterocycles. The highest BCUT2D eigenvalue weighted by Gasteiger charge is 2.89. The Balaban J connectivity index is 1.50. The largest absolute Gasteiger partial charge is 0.504 e. The van der Waals surface area contributed by atoms with E-state index in [1.807, 2.05) is 0 Å². The second-order valence-electron chi connectivity index (χ2n) is 10.2. The molecule has 4 N–H and O–H groups in total. The monoisotopic (exact) mass is 476 g/mol. The maximum atomic E-state index is 12.4. The van der Waals surface area contributed by atoms with Crippen LogP contribution in [0, 0.1) is 0 Å². The highest BCUT2D eigenvalue weighted by molar-refractivity contribution is 5.85. The average Bonchev–Trinajstić information content (AvgIpc) is 2.76. The highest BCUT2D eigenvalue weighted by atomic mass is 16.8. The molecule has 3 fully saturated rings. The van der Waals surface area contributed by atoms with Crippen molar-refractivity contribution < 1.29 is 43.8 Å². The quantitative estimate of drug-likeness (QED) is 0.478. The van der Waals surface area contributed by atoms with E-state index in [0.29, 0.717) is 23.8 Å². The van der Waals surface area contributed by atoms with E-state index in [2.05, 4.69) is 0 Å². The van der Waals surface area contributed by atoms with E-state index in [4.69, 9.17) is 18.6 Å². The summed E-state index contributed by atoms with van der Waals surface area (Å²) >= 11 is 0. The average molecular weight is 476 g/mol. The van der Waals surface area contributed by atoms with E-state index in [1.54, 1.807) is 0 Å². The van der Waals surface area contributed by atoms with Crippen molar-refractivity contribution in [1.82, 2.24) is 0 Å². The standard InChI is InChI=1S/C24H28O10/c1-20(21(2,29)23(4)22(3,30)24(33-20,34-23)19(27)28)11-31-17-10-16-14(9-15(17)25)12-7-5-6-8-13(12)18(26)32-16/h9-10,25,29-30H,5-8,11H2,1-4H3,(H,27,28)/t20-,21?,22-,23?,24?/m0/s1. The number of carbonyl (C=O) groups is 1. The summed E-state index contributed by atoms with van der Waals surface area (Å²) in [6, 6.07) is 2.87. The number of aromatic hydroxyl groups is 1. The first-order chi connectivity index (χ1) is 15.7. The normalized spacial score (nSPS) is 38.8. The zero-order valence-electron chi connectivity index (χ0n) is 19.4. The number of carboxylic acid groups (broad SMARTS) is 1. The van der Waals surface area contributed by atoms with Gasteiger partial charge in [-0.3, -0.25) is 0 Å². The Hall–Kier alpha value is -2.66. The van der Waals surface area contributed by atoms with Crippen molar-refractivity contribution in [1.29, 1.82) is 0 Å². The summed E-state index contributed by atoms with van der Waals surface area (Å²) in [5.41, 5.74) is -5.97. The Labute approximate surface area is 194 Å². The van der Waals surface area contributed by atoms with Crippen molar-refractivity contribution in [3.63, 3.8) is 0 Å². The number of hydrogen-bond acceptors (Lipinski definition) is 9. The highest BCUT2D eigenvalue weighted by Crippen LogP contribution is 2.64. The summed E-state index contributed by atoms with van der Waals surface area (Å²) in [6.07, 6.45) is 3.18. The van der Waals surface area contributed by atoms with Crippen LogP contribution in [0.15, 0.2) is 21.3 Å². The first kappa shape index (κ1) is 23.1. The molecular formula is C24H28O10. The molecule has 2 bridgehead atoms. The third-order valence-electron chi connectivity index (χ3n) is 8.33. The van der Waals surface area contributed by atoms with Gasteiger partial charge in [-0.25, -0.2) is 9.59 Å². The van der Waals surface area contributed by atoms with Gasteiger partial charge < -0.3 is 39.1 Å². The summed E-state index contributed by atoms with van der Waals surface area (Å²) in [7, 11) is 0. The van der Waals surface area contributed by atoms with Gasteiger partial charge in [-0.2, -0.15) is 0 Å². The second kappa shape index (κ2) is 6.72. The van der Waals surface area contributed by atoms with Crippen LogP contribution < -0.4 is 10.4 Å². The van der Waals surface area contributed by atoms with E-state index in [1.165, 1.54) is 39.8 Å². The Kier molecular flexibility index (Phi) is 4.57. The van der Waals surface area contributed by atoms with Crippen LogP contribution in [0.25, 0.3) is 11.0 Å². The number of aliphatic hydroxyl groups is 2. The lowest BCUT2D eigenvalue weighted by atomic mass is 9.56. The van der Waals surface area contributed by atoms with Crippen LogP contribution in [-0.4, -0.2) is 61.2 Å². The predicted octanol–water partition coefficient (Wildman–Crippen LogP) is 1.62. The minimum absolute atomic E-state index is 0.0338. The molecule has 0 amide bonds. The van der Waals surface area contributed by atoms with E-state index in [-0.39, 0.29) is 17.1 Å². The molecule has 3 unspecified atom stereocenters. The van der Waals surface area contributed by atoms with Gasteiger partial charge in [-0.05, 0) is 65.0 Å². The summed E-state index contributed by atoms with van der Waals surface area (Å²) in [5.74, 6) is -4.19. The van der Waals surface area contributed by atoms with Crippen molar-refractivity contribution in [3.8, 4) is 11.5 Å². The van der Waals surface area contributed by atoms with Gasteiger partial charge in [-0.1, -0.05) is 0 Å². The van der Waals surface area contributed by atoms with Crippen LogP contribution in [0.2, 0.25) is 0 Å². The molecule has 4 aliphatic rings. The summed E-state index contributed by atoms with van der Waals surface area (Å²) in [5, 5.41) is 43.3. The predicted molar refractivity (Wildman–Crippen MR) is 117 cm³/mol. The number of carboxylic acids is 1. The molecule has 5 atom stereocenters. The minimum atomic E-state index is -2.40. The SMILES string of the molecule is CC12OC(C(=O)O)(O[C@@](C)(COc3cc4oc(=O)c5c(c4cc3O)CCCC5)C1(C)O)[C@@]2(C)O. The molecule has 0 saturated carbocycles. The number of phenolic OH excluding ortho intramolecular Hbond substituents is 1. The molecule has 3 aliphatic heterocycles. The first-order valence-electron chi connectivity index (χ1n) is 11.2. The van der Waals surface area contributed by atoms with Crippen LogP contribution in [0.5, 0.6) is 11.5 Å². The zero-order chi connectivity index (χ0) is 24.9. The van der Waals surface area contributed by atoms with Gasteiger partial charge in [0.15, 0.2) is 17.1 Å². The summed E-state index contributed by atoms with van der Waals surface area (Å²) < 4.78 is 22.4. The Morgan fingerprint density at radius 2 is 1.68 bits per heavy atom. The Morgan fingerprint density at radius 1 is 1.03 bits per heavy atom. The molecule has 4 heterocycles. The van der Waals surface area contributed by atoms with Crippen molar-refractivity contribution >= 4 is 16.9 Å². The van der Waals surface area contributed by atoms with Crippen LogP contribution >= 0.6 is 0 Å². The smallest absolute Gasteiger partial charge is 0.367 e. The van der Waals surface area contributed by atoms with Gasteiger partial charge in [0.2, 0.25) is 0 Å². The molecule has 10 heteroatoms. The molecule has 6 rings (SSSR count). The third-order valence-corrected chi connectivity index (χ3v) is 8.33. The molecule has 1 aromatic heterocycles. The number of phenols is 1. The molecular weight excluding hydrogens is 448 g/mol. The maximum Gasteiger partial charge on any atom is 0.367 e.